The normalized spacial score (nSPS) is 35.7. The van der Waals surface area contributed by atoms with E-state index in [1.807, 2.05) is 4.90 Å². The lowest BCUT2D eigenvalue weighted by atomic mass is 10.1. The number of ether oxygens (including phenoxy) is 1. The molecule has 3 aliphatic heterocycles. The largest absolute Gasteiger partial charge is 0.364 e. The van der Waals surface area contributed by atoms with Crippen molar-refractivity contribution in [3.8, 4) is 0 Å². The van der Waals surface area contributed by atoms with E-state index >= 15 is 0 Å². The van der Waals surface area contributed by atoms with Gasteiger partial charge in [-0.3, -0.25) is 14.6 Å². The maximum atomic E-state index is 12.6. The first-order valence-electron chi connectivity index (χ1n) is 9.71. The molecular formula is C18H34N4O2. The van der Waals surface area contributed by atoms with Gasteiger partial charge in [0.25, 0.3) is 5.91 Å². The first kappa shape index (κ1) is 18.1. The average molecular weight is 338 g/mol. The fourth-order valence-electron chi connectivity index (χ4n) is 4.40. The number of carbonyl (C=O) groups excluding carboxylic acids is 1. The first-order valence-corrected chi connectivity index (χ1v) is 9.71. The van der Waals surface area contributed by atoms with E-state index in [0.29, 0.717) is 6.54 Å². The molecule has 0 aromatic carbocycles. The van der Waals surface area contributed by atoms with E-state index in [-0.39, 0.29) is 18.1 Å². The summed E-state index contributed by atoms with van der Waals surface area (Å²) in [7, 11) is 0. The van der Waals surface area contributed by atoms with Gasteiger partial charge in [-0.15, -0.1) is 0 Å². The summed E-state index contributed by atoms with van der Waals surface area (Å²) in [6, 6.07) is 1.44. The third kappa shape index (κ3) is 4.10. The Kier molecular flexibility index (Phi) is 6.13. The van der Waals surface area contributed by atoms with Crippen LogP contribution in [0.4, 0.5) is 0 Å². The lowest BCUT2D eigenvalue weighted by Gasteiger charge is -2.37. The van der Waals surface area contributed by atoms with E-state index in [2.05, 4.69) is 23.6 Å². The topological polar surface area (TPSA) is 62.0 Å². The minimum absolute atomic E-state index is 0.0738. The Bertz CT molecular complexity index is 415. The number of likely N-dealkylation sites (tertiary alicyclic amines) is 1. The molecule has 3 fully saturated rings. The van der Waals surface area contributed by atoms with Gasteiger partial charge in [0.05, 0.1) is 6.10 Å². The summed E-state index contributed by atoms with van der Waals surface area (Å²) in [4.78, 5) is 19.7. The smallest absolute Gasteiger partial charge is 0.251 e. The summed E-state index contributed by atoms with van der Waals surface area (Å²) >= 11 is 0. The number of nitrogens with two attached hydrogens (primary N) is 1. The van der Waals surface area contributed by atoms with Gasteiger partial charge in [-0.25, -0.2) is 0 Å². The third-order valence-electron chi connectivity index (χ3n) is 6.14. The number of hydrogen-bond acceptors (Lipinski definition) is 5. The van der Waals surface area contributed by atoms with Crippen molar-refractivity contribution in [1.29, 1.82) is 0 Å². The van der Waals surface area contributed by atoms with Crippen LogP contribution in [0.3, 0.4) is 0 Å². The fraction of sp³-hybridized carbons (Fsp3) is 0.944. The van der Waals surface area contributed by atoms with Crippen molar-refractivity contribution >= 4 is 5.91 Å². The minimum atomic E-state index is -0.253. The molecule has 2 unspecified atom stereocenters. The van der Waals surface area contributed by atoms with Crippen LogP contribution in [0.2, 0.25) is 0 Å². The molecule has 138 valence electrons. The molecule has 3 rings (SSSR count). The molecule has 24 heavy (non-hydrogen) atoms. The van der Waals surface area contributed by atoms with Crippen molar-refractivity contribution in [2.45, 2.75) is 63.8 Å². The SMILES string of the molecule is CC1CCC(C)N1CCN1CCN(C(=O)[C@@H]2CC[C@H](CN)O2)CC1. The Hall–Kier alpha value is -0.690. The van der Waals surface area contributed by atoms with Crippen molar-refractivity contribution < 1.29 is 9.53 Å². The Morgan fingerprint density at radius 1 is 1.00 bits per heavy atom. The zero-order valence-corrected chi connectivity index (χ0v) is 15.3. The molecule has 0 aliphatic carbocycles. The van der Waals surface area contributed by atoms with Crippen molar-refractivity contribution in [2.24, 2.45) is 5.73 Å². The molecule has 3 heterocycles. The van der Waals surface area contributed by atoms with E-state index in [1.54, 1.807) is 0 Å². The van der Waals surface area contributed by atoms with Crippen LogP contribution < -0.4 is 5.73 Å². The highest BCUT2D eigenvalue weighted by Crippen LogP contribution is 2.23. The third-order valence-corrected chi connectivity index (χ3v) is 6.14. The molecule has 6 nitrogen and oxygen atoms in total. The van der Waals surface area contributed by atoms with Gasteiger partial charge in [0.1, 0.15) is 6.10 Å². The van der Waals surface area contributed by atoms with Gasteiger partial charge in [0, 0.05) is 57.9 Å². The Balaban J connectivity index is 1.39. The number of hydrogen-bond donors (Lipinski definition) is 1. The van der Waals surface area contributed by atoms with Crippen molar-refractivity contribution in [3.63, 3.8) is 0 Å². The molecular weight excluding hydrogens is 304 g/mol. The van der Waals surface area contributed by atoms with Gasteiger partial charge < -0.3 is 15.4 Å². The van der Waals surface area contributed by atoms with Crippen LogP contribution in [0.15, 0.2) is 0 Å². The van der Waals surface area contributed by atoms with Gasteiger partial charge in [-0.1, -0.05) is 0 Å². The molecule has 0 saturated carbocycles. The van der Waals surface area contributed by atoms with Crippen LogP contribution in [0, 0.1) is 0 Å². The van der Waals surface area contributed by atoms with Gasteiger partial charge in [0.15, 0.2) is 0 Å². The first-order chi connectivity index (χ1) is 11.6. The number of carbonyl (C=O) groups is 1. The zero-order chi connectivity index (χ0) is 17.1. The van der Waals surface area contributed by atoms with E-state index in [9.17, 15) is 4.79 Å². The quantitative estimate of drug-likeness (QED) is 0.791. The minimum Gasteiger partial charge on any atom is -0.364 e. The van der Waals surface area contributed by atoms with Crippen LogP contribution >= 0.6 is 0 Å². The zero-order valence-electron chi connectivity index (χ0n) is 15.3. The summed E-state index contributed by atoms with van der Waals surface area (Å²) < 4.78 is 5.75. The molecule has 4 atom stereocenters. The van der Waals surface area contributed by atoms with Crippen molar-refractivity contribution in [1.82, 2.24) is 14.7 Å². The predicted molar refractivity (Wildman–Crippen MR) is 94.8 cm³/mol. The van der Waals surface area contributed by atoms with Gasteiger partial charge in [-0.05, 0) is 39.5 Å². The highest BCUT2D eigenvalue weighted by Gasteiger charge is 2.34. The molecule has 0 aromatic rings. The van der Waals surface area contributed by atoms with E-state index < -0.39 is 0 Å². The predicted octanol–water partition coefficient (Wildman–Crippen LogP) is 0.510. The van der Waals surface area contributed by atoms with Crippen molar-refractivity contribution in [3.05, 3.63) is 0 Å². The number of rotatable bonds is 5. The lowest BCUT2D eigenvalue weighted by molar-refractivity contribution is -0.144. The number of piperazine rings is 1. The fourth-order valence-corrected chi connectivity index (χ4v) is 4.40. The lowest BCUT2D eigenvalue weighted by Crippen LogP contribution is -2.53. The summed E-state index contributed by atoms with van der Waals surface area (Å²) in [5.74, 6) is 0.174. The van der Waals surface area contributed by atoms with Crippen LogP contribution in [0.25, 0.3) is 0 Å². The maximum absolute atomic E-state index is 12.6. The molecule has 1 amide bonds. The highest BCUT2D eigenvalue weighted by molar-refractivity contribution is 5.81. The van der Waals surface area contributed by atoms with Gasteiger partial charge in [0.2, 0.25) is 0 Å². The summed E-state index contributed by atoms with van der Waals surface area (Å²) in [5, 5.41) is 0. The Labute approximate surface area is 146 Å². The second-order valence-electron chi connectivity index (χ2n) is 7.74. The second kappa shape index (κ2) is 8.13. The molecule has 0 spiro atoms. The summed E-state index contributed by atoms with van der Waals surface area (Å²) in [6.07, 6.45) is 4.22. The molecule has 0 aromatic heterocycles. The Morgan fingerprint density at radius 2 is 1.67 bits per heavy atom. The molecule has 2 N–H and O–H groups in total. The summed E-state index contributed by atoms with van der Waals surface area (Å²) in [6.45, 7) is 11.1. The molecule has 0 radical (unpaired) electrons. The molecule has 3 saturated heterocycles. The standard InChI is InChI=1S/C18H34N4O2/c1-14-3-4-15(2)22(14)12-9-20-7-10-21(11-8-20)18(23)17-6-5-16(13-19)24-17/h14-17H,3-13,19H2,1-2H3/t14?,15?,16-,17+/m1/s1. The number of amides is 1. The molecule has 0 bridgehead atoms. The van der Waals surface area contributed by atoms with Gasteiger partial charge in [-0.2, -0.15) is 0 Å². The average Bonchev–Trinajstić information content (AvgIpc) is 3.20. The Morgan fingerprint density at radius 3 is 2.25 bits per heavy atom. The van der Waals surface area contributed by atoms with Crippen molar-refractivity contribution in [2.75, 3.05) is 45.8 Å². The molecule has 3 aliphatic rings. The van der Waals surface area contributed by atoms with E-state index in [1.165, 1.54) is 12.8 Å². The van der Waals surface area contributed by atoms with Crippen LogP contribution in [-0.4, -0.2) is 90.7 Å². The van der Waals surface area contributed by atoms with Crippen LogP contribution in [-0.2, 0) is 9.53 Å². The van der Waals surface area contributed by atoms with E-state index in [0.717, 1.165) is 64.2 Å². The van der Waals surface area contributed by atoms with Crippen LogP contribution in [0.1, 0.15) is 39.5 Å². The van der Waals surface area contributed by atoms with Gasteiger partial charge >= 0.3 is 0 Å². The second-order valence-corrected chi connectivity index (χ2v) is 7.74. The monoisotopic (exact) mass is 338 g/mol. The number of nitrogens with zero attached hydrogens (tertiary/aromatic N) is 3. The van der Waals surface area contributed by atoms with Crippen LogP contribution in [0.5, 0.6) is 0 Å². The van der Waals surface area contributed by atoms with E-state index in [4.69, 9.17) is 10.5 Å². The maximum Gasteiger partial charge on any atom is 0.251 e. The summed E-state index contributed by atoms with van der Waals surface area (Å²) in [5.41, 5.74) is 5.64. The molecule has 6 heteroatoms. The highest BCUT2D eigenvalue weighted by atomic mass is 16.5.